The Morgan fingerprint density at radius 2 is 2.04 bits per heavy atom. The van der Waals surface area contributed by atoms with E-state index < -0.39 is 0 Å². The first-order valence-electron chi connectivity index (χ1n) is 8.13. The molecule has 0 unspecified atom stereocenters. The van der Waals surface area contributed by atoms with Crippen molar-refractivity contribution >= 4 is 34.1 Å². The highest BCUT2D eigenvalue weighted by molar-refractivity contribution is 6.33. The second-order valence-corrected chi connectivity index (χ2v) is 6.38. The molecule has 130 valence electrons. The Kier molecular flexibility index (Phi) is 4.18. The van der Waals surface area contributed by atoms with E-state index in [1.165, 1.54) is 0 Å². The van der Waals surface area contributed by atoms with Gasteiger partial charge in [-0.15, -0.1) is 0 Å². The lowest BCUT2D eigenvalue weighted by Gasteiger charge is -2.06. The molecule has 0 saturated heterocycles. The highest BCUT2D eigenvalue weighted by Gasteiger charge is 2.20. The Labute approximate surface area is 154 Å². The summed E-state index contributed by atoms with van der Waals surface area (Å²) in [6.45, 7) is 2.29. The number of halogens is 1. The quantitative estimate of drug-likeness (QED) is 0.573. The summed E-state index contributed by atoms with van der Waals surface area (Å²) in [6.07, 6.45) is 1.71. The first-order valence-corrected chi connectivity index (χ1v) is 8.51. The van der Waals surface area contributed by atoms with Gasteiger partial charge in [-0.3, -0.25) is 9.89 Å². The minimum atomic E-state index is -0.283. The van der Waals surface area contributed by atoms with Crippen molar-refractivity contribution in [1.29, 1.82) is 0 Å². The number of fused-ring (bicyclic) bond motifs is 1. The Balaban J connectivity index is 1.59. The van der Waals surface area contributed by atoms with Gasteiger partial charge in [-0.05, 0) is 30.7 Å². The fourth-order valence-corrected chi connectivity index (χ4v) is 3.21. The zero-order valence-corrected chi connectivity index (χ0v) is 14.8. The summed E-state index contributed by atoms with van der Waals surface area (Å²) in [7, 11) is 0. The van der Waals surface area contributed by atoms with Crippen LogP contribution in [0.1, 0.15) is 21.6 Å². The van der Waals surface area contributed by atoms with Gasteiger partial charge in [-0.2, -0.15) is 10.2 Å². The molecule has 0 atom stereocenters. The van der Waals surface area contributed by atoms with Crippen LogP contribution >= 0.6 is 11.6 Å². The van der Waals surface area contributed by atoms with Gasteiger partial charge in [-0.25, -0.2) is 4.68 Å². The smallest absolute Gasteiger partial charge is 0.260 e. The molecule has 0 aliphatic heterocycles. The second-order valence-electron chi connectivity index (χ2n) is 6.02. The molecule has 2 aromatic carbocycles. The summed E-state index contributed by atoms with van der Waals surface area (Å²) in [5, 5.41) is 15.4. The van der Waals surface area contributed by atoms with Gasteiger partial charge in [0.1, 0.15) is 5.15 Å². The SMILES string of the molecule is Cc1nn(Cc2ccccc2)c(Cl)c1C(=O)Nc1ccc2[nH]ncc2c1. The molecule has 0 fully saturated rings. The molecule has 1 amide bonds. The molecule has 0 saturated carbocycles. The molecule has 0 aliphatic rings. The number of anilines is 1. The van der Waals surface area contributed by atoms with Crippen molar-refractivity contribution in [1.82, 2.24) is 20.0 Å². The minimum Gasteiger partial charge on any atom is -0.322 e. The maximum Gasteiger partial charge on any atom is 0.260 e. The van der Waals surface area contributed by atoms with Crippen molar-refractivity contribution in [2.75, 3.05) is 5.32 Å². The van der Waals surface area contributed by atoms with Gasteiger partial charge in [-0.1, -0.05) is 41.9 Å². The summed E-state index contributed by atoms with van der Waals surface area (Å²) >= 11 is 6.44. The Bertz CT molecular complexity index is 1080. The Hall–Kier alpha value is -3.12. The summed E-state index contributed by atoms with van der Waals surface area (Å²) in [5.74, 6) is -0.283. The van der Waals surface area contributed by atoms with Crippen molar-refractivity contribution in [2.24, 2.45) is 0 Å². The number of nitrogens with zero attached hydrogens (tertiary/aromatic N) is 3. The summed E-state index contributed by atoms with van der Waals surface area (Å²) in [6, 6.07) is 15.4. The Morgan fingerprint density at radius 1 is 1.23 bits per heavy atom. The predicted octanol–water partition coefficient (Wildman–Crippen LogP) is 4.02. The number of nitrogens with one attached hydrogen (secondary N) is 2. The van der Waals surface area contributed by atoms with E-state index in [0.29, 0.717) is 28.6 Å². The van der Waals surface area contributed by atoms with Gasteiger partial charge >= 0.3 is 0 Å². The van der Waals surface area contributed by atoms with Crippen LogP contribution in [0, 0.1) is 6.92 Å². The standard InChI is InChI=1S/C19H16ClN5O/c1-12-17(18(20)25(24-12)11-13-5-3-2-4-6-13)19(26)22-15-7-8-16-14(9-15)10-21-23-16/h2-10H,11H2,1H3,(H,21,23)(H,22,26). The molecule has 2 N–H and O–H groups in total. The molecule has 0 radical (unpaired) electrons. The molecule has 0 bridgehead atoms. The number of hydrogen-bond donors (Lipinski definition) is 2. The molecular formula is C19H16ClN5O. The van der Waals surface area contributed by atoms with E-state index in [0.717, 1.165) is 16.5 Å². The predicted molar refractivity (Wildman–Crippen MR) is 102 cm³/mol. The fourth-order valence-electron chi connectivity index (χ4n) is 2.89. The lowest BCUT2D eigenvalue weighted by atomic mass is 10.2. The third kappa shape index (κ3) is 3.07. The van der Waals surface area contributed by atoms with Gasteiger partial charge in [0.25, 0.3) is 5.91 Å². The maximum absolute atomic E-state index is 12.7. The van der Waals surface area contributed by atoms with Crippen LogP contribution in [0.4, 0.5) is 5.69 Å². The van der Waals surface area contributed by atoms with Crippen LogP contribution in [0.25, 0.3) is 10.9 Å². The molecule has 4 rings (SSSR count). The zero-order valence-electron chi connectivity index (χ0n) is 14.0. The minimum absolute atomic E-state index is 0.283. The zero-order chi connectivity index (χ0) is 18.1. The average Bonchev–Trinajstić information content (AvgIpc) is 3.20. The molecule has 6 nitrogen and oxygen atoms in total. The van der Waals surface area contributed by atoms with Crippen LogP contribution in [0.15, 0.2) is 54.7 Å². The van der Waals surface area contributed by atoms with E-state index in [9.17, 15) is 4.79 Å². The number of amides is 1. The highest BCUT2D eigenvalue weighted by atomic mass is 35.5. The summed E-state index contributed by atoms with van der Waals surface area (Å²) in [5.41, 5.74) is 3.63. The van der Waals surface area contributed by atoms with Gasteiger partial charge < -0.3 is 5.32 Å². The van der Waals surface area contributed by atoms with Crippen LogP contribution in [-0.4, -0.2) is 25.9 Å². The first kappa shape index (κ1) is 16.4. The van der Waals surface area contributed by atoms with Crippen LogP contribution < -0.4 is 5.32 Å². The highest BCUT2D eigenvalue weighted by Crippen LogP contribution is 2.23. The van der Waals surface area contributed by atoms with Crippen LogP contribution in [0.2, 0.25) is 5.15 Å². The molecule has 0 aliphatic carbocycles. The number of benzene rings is 2. The van der Waals surface area contributed by atoms with Crippen molar-refractivity contribution in [3.63, 3.8) is 0 Å². The molecule has 2 aromatic heterocycles. The van der Waals surface area contributed by atoms with Gasteiger partial charge in [0, 0.05) is 11.1 Å². The van der Waals surface area contributed by atoms with Crippen LogP contribution in [0.3, 0.4) is 0 Å². The number of carbonyl (C=O) groups excluding carboxylic acids is 1. The van der Waals surface area contributed by atoms with Crippen molar-refractivity contribution in [3.05, 3.63) is 76.7 Å². The lowest BCUT2D eigenvalue weighted by molar-refractivity contribution is 0.102. The number of H-pyrrole nitrogens is 1. The third-order valence-electron chi connectivity index (χ3n) is 4.17. The van der Waals surface area contributed by atoms with Crippen LogP contribution in [-0.2, 0) is 6.54 Å². The van der Waals surface area contributed by atoms with Crippen molar-refractivity contribution in [3.8, 4) is 0 Å². The normalized spacial score (nSPS) is 11.0. The van der Waals surface area contributed by atoms with Gasteiger partial charge in [0.15, 0.2) is 0 Å². The topological polar surface area (TPSA) is 75.6 Å². The molecular weight excluding hydrogens is 350 g/mol. The molecule has 26 heavy (non-hydrogen) atoms. The number of aromatic amines is 1. The van der Waals surface area contributed by atoms with E-state index in [-0.39, 0.29) is 5.91 Å². The number of aryl methyl sites for hydroxylation is 1. The van der Waals surface area contributed by atoms with Gasteiger partial charge in [0.05, 0.1) is 29.5 Å². The Morgan fingerprint density at radius 3 is 2.85 bits per heavy atom. The molecule has 2 heterocycles. The van der Waals surface area contributed by atoms with E-state index in [1.54, 1.807) is 17.8 Å². The average molecular weight is 366 g/mol. The van der Waals surface area contributed by atoms with Crippen molar-refractivity contribution in [2.45, 2.75) is 13.5 Å². The van der Waals surface area contributed by atoms with E-state index in [4.69, 9.17) is 11.6 Å². The molecule has 0 spiro atoms. The maximum atomic E-state index is 12.7. The fraction of sp³-hybridized carbons (Fsp3) is 0.105. The number of carbonyl (C=O) groups is 1. The van der Waals surface area contributed by atoms with Gasteiger partial charge in [0.2, 0.25) is 0 Å². The molecule has 4 aromatic rings. The monoisotopic (exact) mass is 365 g/mol. The first-order chi connectivity index (χ1) is 12.6. The summed E-state index contributed by atoms with van der Waals surface area (Å²) in [4.78, 5) is 12.7. The summed E-state index contributed by atoms with van der Waals surface area (Å²) < 4.78 is 1.64. The molecule has 7 heteroatoms. The van der Waals surface area contributed by atoms with E-state index >= 15 is 0 Å². The largest absolute Gasteiger partial charge is 0.322 e. The third-order valence-corrected chi connectivity index (χ3v) is 4.55. The van der Waals surface area contributed by atoms with Crippen LogP contribution in [0.5, 0.6) is 0 Å². The number of hydrogen-bond acceptors (Lipinski definition) is 3. The lowest BCUT2D eigenvalue weighted by Crippen LogP contribution is -2.13. The number of aromatic nitrogens is 4. The second kappa shape index (κ2) is 6.65. The number of rotatable bonds is 4. The van der Waals surface area contributed by atoms with E-state index in [2.05, 4.69) is 20.6 Å². The van der Waals surface area contributed by atoms with Crippen molar-refractivity contribution < 1.29 is 4.79 Å². The van der Waals surface area contributed by atoms with E-state index in [1.807, 2.05) is 48.5 Å².